The number of carbonyl (C=O) groups excluding carboxylic acids is 1. The van der Waals surface area contributed by atoms with Gasteiger partial charge in [-0.2, -0.15) is 0 Å². The number of aliphatic carboxylic acids is 1. The van der Waals surface area contributed by atoms with E-state index in [1.807, 2.05) is 0 Å². The molecule has 2 amide bonds. The van der Waals surface area contributed by atoms with E-state index in [1.165, 1.54) is 12.8 Å². The van der Waals surface area contributed by atoms with Crippen LogP contribution < -0.4 is 10.6 Å². The first-order chi connectivity index (χ1) is 9.06. The molecule has 0 bridgehead atoms. The van der Waals surface area contributed by atoms with E-state index in [0.29, 0.717) is 19.1 Å². The van der Waals surface area contributed by atoms with Crippen LogP contribution in [0.15, 0.2) is 0 Å². The summed E-state index contributed by atoms with van der Waals surface area (Å²) in [6.07, 6.45) is 3.49. The molecule has 0 aromatic heterocycles. The molecule has 3 unspecified atom stereocenters. The monoisotopic (exact) mass is 270 g/mol. The Hall–Kier alpha value is -1.30. The van der Waals surface area contributed by atoms with Gasteiger partial charge in [-0.1, -0.05) is 6.92 Å². The van der Waals surface area contributed by atoms with Crippen LogP contribution in [-0.2, 0) is 9.53 Å². The summed E-state index contributed by atoms with van der Waals surface area (Å²) in [5.74, 6) is -0.297. The van der Waals surface area contributed by atoms with E-state index >= 15 is 0 Å². The molecular weight excluding hydrogens is 248 g/mol. The average molecular weight is 270 g/mol. The molecule has 2 rings (SSSR count). The van der Waals surface area contributed by atoms with E-state index in [9.17, 15) is 9.59 Å². The summed E-state index contributed by atoms with van der Waals surface area (Å²) < 4.78 is 5.65. The molecule has 19 heavy (non-hydrogen) atoms. The number of carboxylic acid groups (broad SMARTS) is 1. The normalized spacial score (nSPS) is 27.8. The number of amides is 2. The van der Waals surface area contributed by atoms with Crippen molar-refractivity contribution in [1.82, 2.24) is 10.6 Å². The zero-order chi connectivity index (χ0) is 13.8. The quantitative estimate of drug-likeness (QED) is 0.671. The SMILES string of the molecule is CC(CNC(=O)NC1CCOC1C1CC1)CC(=O)O. The van der Waals surface area contributed by atoms with Crippen LogP contribution in [0.5, 0.6) is 0 Å². The van der Waals surface area contributed by atoms with Crippen LogP contribution in [0.2, 0.25) is 0 Å². The summed E-state index contributed by atoms with van der Waals surface area (Å²) in [5, 5.41) is 14.3. The number of urea groups is 1. The Morgan fingerprint density at radius 1 is 1.37 bits per heavy atom. The number of carbonyl (C=O) groups is 2. The topological polar surface area (TPSA) is 87.7 Å². The predicted octanol–water partition coefficient (Wildman–Crippen LogP) is 0.964. The second kappa shape index (κ2) is 6.23. The van der Waals surface area contributed by atoms with Gasteiger partial charge in [-0.05, 0) is 31.1 Å². The fraction of sp³-hybridized carbons (Fsp3) is 0.846. The highest BCUT2D eigenvalue weighted by atomic mass is 16.5. The third-order valence-corrected chi connectivity index (χ3v) is 3.67. The highest BCUT2D eigenvalue weighted by molar-refractivity contribution is 5.74. The van der Waals surface area contributed by atoms with Crippen LogP contribution in [0.25, 0.3) is 0 Å². The van der Waals surface area contributed by atoms with Crippen LogP contribution in [0, 0.1) is 11.8 Å². The predicted molar refractivity (Wildman–Crippen MR) is 68.8 cm³/mol. The zero-order valence-electron chi connectivity index (χ0n) is 11.2. The van der Waals surface area contributed by atoms with Crippen LogP contribution in [-0.4, -0.2) is 42.4 Å². The van der Waals surface area contributed by atoms with Crippen molar-refractivity contribution in [2.45, 2.75) is 44.8 Å². The van der Waals surface area contributed by atoms with Gasteiger partial charge in [0.1, 0.15) is 0 Å². The Labute approximate surface area is 112 Å². The number of nitrogens with one attached hydrogen (secondary N) is 2. The number of hydrogen-bond donors (Lipinski definition) is 3. The summed E-state index contributed by atoms with van der Waals surface area (Å²) >= 11 is 0. The molecule has 1 saturated carbocycles. The van der Waals surface area contributed by atoms with Crippen molar-refractivity contribution in [2.75, 3.05) is 13.2 Å². The number of rotatable bonds is 6. The van der Waals surface area contributed by atoms with E-state index in [4.69, 9.17) is 9.84 Å². The standard InChI is InChI=1S/C13H22N2O4/c1-8(6-11(16)17)7-14-13(18)15-10-4-5-19-12(10)9-2-3-9/h8-10,12H,2-7H2,1H3,(H,16,17)(H2,14,15,18). The van der Waals surface area contributed by atoms with Crippen LogP contribution in [0.3, 0.4) is 0 Å². The Bertz CT molecular complexity index is 344. The van der Waals surface area contributed by atoms with Crippen molar-refractivity contribution >= 4 is 12.0 Å². The molecule has 2 fully saturated rings. The summed E-state index contributed by atoms with van der Waals surface area (Å²) in [5.41, 5.74) is 0. The summed E-state index contributed by atoms with van der Waals surface area (Å²) in [4.78, 5) is 22.3. The minimum absolute atomic E-state index is 0.0670. The first-order valence-electron chi connectivity index (χ1n) is 6.94. The van der Waals surface area contributed by atoms with Crippen LogP contribution in [0.1, 0.15) is 32.6 Å². The fourth-order valence-electron chi connectivity index (χ4n) is 2.51. The molecule has 2 aliphatic rings. The Kier molecular flexibility index (Phi) is 4.63. The largest absolute Gasteiger partial charge is 0.481 e. The Morgan fingerprint density at radius 3 is 2.74 bits per heavy atom. The molecule has 1 heterocycles. The fourth-order valence-corrected chi connectivity index (χ4v) is 2.51. The van der Waals surface area contributed by atoms with E-state index in [-0.39, 0.29) is 30.5 Å². The van der Waals surface area contributed by atoms with Gasteiger partial charge in [-0.15, -0.1) is 0 Å². The van der Waals surface area contributed by atoms with Gasteiger partial charge in [0.25, 0.3) is 0 Å². The molecule has 108 valence electrons. The summed E-state index contributed by atoms with van der Waals surface area (Å²) in [7, 11) is 0. The molecular formula is C13H22N2O4. The summed E-state index contributed by atoms with van der Waals surface area (Å²) in [6.45, 7) is 2.89. The lowest BCUT2D eigenvalue weighted by atomic mass is 10.1. The molecule has 0 radical (unpaired) electrons. The minimum Gasteiger partial charge on any atom is -0.481 e. The highest BCUT2D eigenvalue weighted by Gasteiger charge is 2.41. The van der Waals surface area contributed by atoms with Crippen molar-refractivity contribution in [3.8, 4) is 0 Å². The number of ether oxygens (including phenoxy) is 1. The van der Waals surface area contributed by atoms with Crippen LogP contribution >= 0.6 is 0 Å². The first-order valence-corrected chi connectivity index (χ1v) is 6.94. The van der Waals surface area contributed by atoms with Crippen molar-refractivity contribution in [1.29, 1.82) is 0 Å². The van der Waals surface area contributed by atoms with Gasteiger partial charge in [-0.3, -0.25) is 4.79 Å². The van der Waals surface area contributed by atoms with Gasteiger partial charge < -0.3 is 20.5 Å². The number of carboxylic acids is 1. The van der Waals surface area contributed by atoms with Gasteiger partial charge in [-0.25, -0.2) is 4.79 Å². The van der Waals surface area contributed by atoms with Gasteiger partial charge in [0.05, 0.1) is 12.1 Å². The molecule has 1 aliphatic heterocycles. The Morgan fingerprint density at radius 2 is 2.11 bits per heavy atom. The molecule has 1 aliphatic carbocycles. The van der Waals surface area contributed by atoms with E-state index in [2.05, 4.69) is 10.6 Å². The lowest BCUT2D eigenvalue weighted by molar-refractivity contribution is -0.137. The minimum atomic E-state index is -0.840. The van der Waals surface area contributed by atoms with E-state index in [0.717, 1.165) is 6.42 Å². The highest BCUT2D eigenvalue weighted by Crippen LogP contribution is 2.38. The third kappa shape index (κ3) is 4.38. The van der Waals surface area contributed by atoms with Gasteiger partial charge >= 0.3 is 12.0 Å². The Balaban J connectivity index is 1.67. The van der Waals surface area contributed by atoms with Crippen molar-refractivity contribution in [2.24, 2.45) is 11.8 Å². The van der Waals surface area contributed by atoms with Crippen molar-refractivity contribution in [3.63, 3.8) is 0 Å². The molecule has 1 saturated heterocycles. The lowest BCUT2D eigenvalue weighted by Gasteiger charge is -2.20. The average Bonchev–Trinajstić information content (AvgIpc) is 3.07. The van der Waals surface area contributed by atoms with Gasteiger partial charge in [0, 0.05) is 19.6 Å². The smallest absolute Gasteiger partial charge is 0.315 e. The van der Waals surface area contributed by atoms with Gasteiger partial charge in [0.15, 0.2) is 0 Å². The lowest BCUT2D eigenvalue weighted by Crippen LogP contribution is -2.47. The zero-order valence-corrected chi connectivity index (χ0v) is 11.2. The van der Waals surface area contributed by atoms with Gasteiger partial charge in [0.2, 0.25) is 0 Å². The second-order valence-electron chi connectivity index (χ2n) is 5.63. The summed E-state index contributed by atoms with van der Waals surface area (Å²) in [6, 6.07) is -0.124. The van der Waals surface area contributed by atoms with E-state index < -0.39 is 5.97 Å². The first kappa shape index (κ1) is 14.1. The maximum Gasteiger partial charge on any atom is 0.315 e. The maximum absolute atomic E-state index is 11.8. The molecule has 3 atom stereocenters. The second-order valence-corrected chi connectivity index (χ2v) is 5.63. The van der Waals surface area contributed by atoms with Crippen LogP contribution in [0.4, 0.5) is 4.79 Å². The molecule has 6 nitrogen and oxygen atoms in total. The molecule has 0 spiro atoms. The number of hydrogen-bond acceptors (Lipinski definition) is 3. The maximum atomic E-state index is 11.8. The molecule has 0 aromatic carbocycles. The molecule has 6 heteroatoms. The third-order valence-electron chi connectivity index (χ3n) is 3.67. The molecule has 0 aromatic rings. The molecule has 3 N–H and O–H groups in total. The van der Waals surface area contributed by atoms with Crippen molar-refractivity contribution in [3.05, 3.63) is 0 Å². The van der Waals surface area contributed by atoms with Crippen molar-refractivity contribution < 1.29 is 19.4 Å². The van der Waals surface area contributed by atoms with E-state index in [1.54, 1.807) is 6.92 Å².